The summed E-state index contributed by atoms with van der Waals surface area (Å²) in [5.74, 6) is 1.58. The van der Waals surface area contributed by atoms with Crippen molar-refractivity contribution in [2.45, 2.75) is 25.9 Å². The highest BCUT2D eigenvalue weighted by molar-refractivity contribution is 6.99. The maximum absolute atomic E-state index is 5.98. The number of hydrogen-bond donors (Lipinski definition) is 0. The third kappa shape index (κ3) is 2.71. The van der Waals surface area contributed by atoms with Gasteiger partial charge in [-0.05, 0) is 25.3 Å². The fourth-order valence-electron chi connectivity index (χ4n) is 2.33. The second-order valence-corrected chi connectivity index (χ2v) is 5.29. The van der Waals surface area contributed by atoms with Crippen LogP contribution < -0.4 is 9.64 Å². The van der Waals surface area contributed by atoms with Crippen molar-refractivity contribution < 1.29 is 4.74 Å². The molecule has 1 fully saturated rings. The van der Waals surface area contributed by atoms with Crippen molar-refractivity contribution in [3.05, 3.63) is 35.9 Å². The Morgan fingerprint density at radius 1 is 1.16 bits per heavy atom. The Hall–Kier alpha value is -1.62. The van der Waals surface area contributed by atoms with E-state index >= 15 is 0 Å². The molecule has 0 amide bonds. The van der Waals surface area contributed by atoms with E-state index in [9.17, 15) is 0 Å². The monoisotopic (exact) mass is 275 g/mol. The normalized spacial score (nSPS) is 16.6. The molecule has 1 unspecified atom stereocenters. The molecule has 1 aromatic heterocycles. The first-order valence-corrected chi connectivity index (χ1v) is 7.37. The molecule has 2 aromatic rings. The number of rotatable bonds is 4. The van der Waals surface area contributed by atoms with Gasteiger partial charge in [0.2, 0.25) is 5.82 Å². The number of nitrogens with zero attached hydrogens (tertiary/aromatic N) is 3. The molecule has 4 nitrogen and oxygen atoms in total. The van der Waals surface area contributed by atoms with E-state index in [0.717, 1.165) is 24.5 Å². The molecule has 0 bridgehead atoms. The zero-order valence-corrected chi connectivity index (χ0v) is 11.8. The highest BCUT2D eigenvalue weighted by Gasteiger charge is 2.22. The largest absolute Gasteiger partial charge is 0.467 e. The molecular weight excluding hydrogens is 258 g/mol. The molecule has 1 aliphatic rings. The minimum Gasteiger partial charge on any atom is -0.467 e. The standard InChI is InChI=1S/C14H17N3OS/c1-11(12-7-3-2-4-8-12)18-14-13(15-19-16-14)17-9-5-6-10-17/h2-4,7-8,11H,5-6,9-10H2,1H3. The molecule has 0 radical (unpaired) electrons. The molecule has 2 heterocycles. The molecule has 1 aromatic carbocycles. The van der Waals surface area contributed by atoms with Crippen molar-refractivity contribution in [3.63, 3.8) is 0 Å². The first-order chi connectivity index (χ1) is 9.34. The smallest absolute Gasteiger partial charge is 0.271 e. The van der Waals surface area contributed by atoms with Gasteiger partial charge < -0.3 is 9.64 Å². The van der Waals surface area contributed by atoms with Gasteiger partial charge in [-0.15, -0.1) is 4.37 Å². The molecule has 100 valence electrons. The lowest BCUT2D eigenvalue weighted by Crippen LogP contribution is -2.19. The molecule has 19 heavy (non-hydrogen) atoms. The van der Waals surface area contributed by atoms with Crippen molar-refractivity contribution in [2.24, 2.45) is 0 Å². The van der Waals surface area contributed by atoms with Crippen LogP contribution in [0.3, 0.4) is 0 Å². The second kappa shape index (κ2) is 5.57. The lowest BCUT2D eigenvalue weighted by molar-refractivity contribution is 0.220. The molecule has 3 rings (SSSR count). The third-order valence-electron chi connectivity index (χ3n) is 3.41. The van der Waals surface area contributed by atoms with E-state index in [4.69, 9.17) is 4.74 Å². The third-order valence-corrected chi connectivity index (χ3v) is 3.91. The topological polar surface area (TPSA) is 38.3 Å². The van der Waals surface area contributed by atoms with Crippen LogP contribution in [0.25, 0.3) is 0 Å². The first-order valence-electron chi connectivity index (χ1n) is 6.63. The Labute approximate surface area is 117 Å². The summed E-state index contributed by atoms with van der Waals surface area (Å²) in [6.07, 6.45) is 2.45. The van der Waals surface area contributed by atoms with Crippen molar-refractivity contribution in [1.82, 2.24) is 8.75 Å². The first kappa shape index (κ1) is 12.4. The van der Waals surface area contributed by atoms with Crippen LogP contribution in [-0.2, 0) is 0 Å². The summed E-state index contributed by atoms with van der Waals surface area (Å²) in [5, 5.41) is 0. The minimum absolute atomic E-state index is 0.00791. The Bertz CT molecular complexity index is 522. The molecule has 1 saturated heterocycles. The highest BCUT2D eigenvalue weighted by atomic mass is 32.1. The predicted octanol–water partition coefficient (Wildman–Crippen LogP) is 3.28. The molecule has 0 spiro atoms. The van der Waals surface area contributed by atoms with E-state index in [1.54, 1.807) is 0 Å². The highest BCUT2D eigenvalue weighted by Crippen LogP contribution is 2.31. The fourth-order valence-corrected chi connectivity index (χ4v) is 2.84. The van der Waals surface area contributed by atoms with Crippen LogP contribution in [0.2, 0.25) is 0 Å². The van der Waals surface area contributed by atoms with Gasteiger partial charge in [-0.1, -0.05) is 30.3 Å². The van der Waals surface area contributed by atoms with Gasteiger partial charge in [0.15, 0.2) is 0 Å². The van der Waals surface area contributed by atoms with Crippen LogP contribution >= 0.6 is 11.7 Å². The van der Waals surface area contributed by atoms with Crippen LogP contribution in [0.5, 0.6) is 5.88 Å². The van der Waals surface area contributed by atoms with Gasteiger partial charge in [-0.3, -0.25) is 0 Å². The molecule has 0 N–H and O–H groups in total. The summed E-state index contributed by atoms with van der Waals surface area (Å²) in [6.45, 7) is 4.16. The SMILES string of the molecule is CC(Oc1nsnc1N1CCCC1)c1ccccc1. The van der Waals surface area contributed by atoms with Gasteiger partial charge in [-0.2, -0.15) is 4.37 Å². The van der Waals surface area contributed by atoms with Gasteiger partial charge in [0.05, 0.1) is 11.7 Å². The summed E-state index contributed by atoms with van der Waals surface area (Å²) >= 11 is 1.22. The summed E-state index contributed by atoms with van der Waals surface area (Å²) < 4.78 is 14.6. The molecule has 1 atom stereocenters. The van der Waals surface area contributed by atoms with Gasteiger partial charge in [0.1, 0.15) is 6.10 Å². The number of ether oxygens (including phenoxy) is 1. The van der Waals surface area contributed by atoms with Crippen LogP contribution in [0.4, 0.5) is 5.82 Å². The van der Waals surface area contributed by atoms with Crippen molar-refractivity contribution in [1.29, 1.82) is 0 Å². The average Bonchev–Trinajstić information content (AvgIpc) is 3.10. The quantitative estimate of drug-likeness (QED) is 0.858. The lowest BCUT2D eigenvalue weighted by Gasteiger charge is -2.18. The van der Waals surface area contributed by atoms with Crippen LogP contribution in [-0.4, -0.2) is 21.8 Å². The maximum Gasteiger partial charge on any atom is 0.271 e. The predicted molar refractivity (Wildman–Crippen MR) is 76.8 cm³/mol. The number of anilines is 1. The zero-order valence-electron chi connectivity index (χ0n) is 11.0. The van der Waals surface area contributed by atoms with Gasteiger partial charge in [0.25, 0.3) is 5.88 Å². The Kier molecular flexibility index (Phi) is 3.64. The number of aromatic nitrogens is 2. The number of benzene rings is 1. The summed E-state index contributed by atoms with van der Waals surface area (Å²) in [7, 11) is 0. The van der Waals surface area contributed by atoms with Gasteiger partial charge >= 0.3 is 0 Å². The molecule has 5 heteroatoms. The number of hydrogen-bond acceptors (Lipinski definition) is 5. The van der Waals surface area contributed by atoms with E-state index < -0.39 is 0 Å². The van der Waals surface area contributed by atoms with Crippen LogP contribution in [0.1, 0.15) is 31.4 Å². The van der Waals surface area contributed by atoms with E-state index in [1.165, 1.54) is 24.6 Å². The Morgan fingerprint density at radius 3 is 2.63 bits per heavy atom. The summed E-state index contributed by atoms with van der Waals surface area (Å²) in [4.78, 5) is 2.26. The van der Waals surface area contributed by atoms with Gasteiger partial charge in [-0.25, -0.2) is 0 Å². The maximum atomic E-state index is 5.98. The van der Waals surface area contributed by atoms with Crippen molar-refractivity contribution in [2.75, 3.05) is 18.0 Å². The molecule has 1 aliphatic heterocycles. The van der Waals surface area contributed by atoms with Crippen molar-refractivity contribution >= 4 is 17.5 Å². The van der Waals surface area contributed by atoms with E-state index in [-0.39, 0.29) is 6.10 Å². The summed E-state index contributed by atoms with van der Waals surface area (Å²) in [5.41, 5.74) is 1.16. The Balaban J connectivity index is 1.75. The molecule has 0 aliphatic carbocycles. The van der Waals surface area contributed by atoms with Gasteiger partial charge in [0, 0.05) is 13.1 Å². The van der Waals surface area contributed by atoms with Crippen molar-refractivity contribution in [3.8, 4) is 5.88 Å². The molecule has 0 saturated carbocycles. The second-order valence-electron chi connectivity index (χ2n) is 4.76. The van der Waals surface area contributed by atoms with E-state index in [2.05, 4.69) is 25.8 Å². The molecular formula is C14H17N3OS. The minimum atomic E-state index is -0.00791. The fraction of sp³-hybridized carbons (Fsp3) is 0.429. The Morgan fingerprint density at radius 2 is 1.89 bits per heavy atom. The average molecular weight is 275 g/mol. The van der Waals surface area contributed by atoms with E-state index in [0.29, 0.717) is 5.88 Å². The lowest BCUT2D eigenvalue weighted by atomic mass is 10.1. The summed E-state index contributed by atoms with van der Waals surface area (Å²) in [6, 6.07) is 10.2. The van der Waals surface area contributed by atoms with E-state index in [1.807, 2.05) is 25.1 Å². The van der Waals surface area contributed by atoms with Crippen LogP contribution in [0, 0.1) is 0 Å². The van der Waals surface area contributed by atoms with Crippen LogP contribution in [0.15, 0.2) is 30.3 Å². The zero-order chi connectivity index (χ0) is 13.1.